The van der Waals surface area contributed by atoms with Gasteiger partial charge in [0.2, 0.25) is 0 Å². The molecule has 1 aliphatic carbocycles. The van der Waals surface area contributed by atoms with Crippen molar-refractivity contribution in [2.75, 3.05) is 18.5 Å². The topological polar surface area (TPSA) is 247 Å². The molecule has 3 aromatic rings. The molecule has 0 bridgehead atoms. The predicted octanol–water partition coefficient (Wildman–Crippen LogP) is -1.39. The highest BCUT2D eigenvalue weighted by Crippen LogP contribution is 2.53. The van der Waals surface area contributed by atoms with Gasteiger partial charge in [0.25, 0.3) is 0 Å². The van der Waals surface area contributed by atoms with Crippen LogP contribution in [0.3, 0.4) is 0 Å². The molecule has 2 aliphatic rings. The fraction of sp³-hybridized carbons (Fsp3) is 0.700. The number of rotatable bonds is 11. The van der Waals surface area contributed by atoms with Crippen molar-refractivity contribution in [2.24, 2.45) is 0 Å². The molecule has 5 atom stereocenters. The Morgan fingerprint density at radius 3 is 2.66 bits per heavy atom. The molecule has 5 rings (SSSR count). The lowest BCUT2D eigenvalue weighted by atomic mass is 9.93. The summed E-state index contributed by atoms with van der Waals surface area (Å²) in [6, 6.07) is 0.311. The van der Waals surface area contributed by atoms with Gasteiger partial charge >= 0.3 is 7.60 Å². The molecular weight excluding hydrogens is 525 g/mol. The quantitative estimate of drug-likeness (QED) is 0.135. The maximum absolute atomic E-state index is 12.3. The molecule has 0 amide bonds. The third-order valence-corrected chi connectivity index (χ3v) is 8.45. The molecule has 4 heterocycles. The number of fused-ring (bicyclic) bond motifs is 1. The highest BCUT2D eigenvalue weighted by molar-refractivity contribution is 7.53. The zero-order chi connectivity index (χ0) is 27.1. The summed E-state index contributed by atoms with van der Waals surface area (Å²) < 4.78 is 25.0. The smallest absolute Gasteiger partial charge is 0.359 e. The molecule has 7 N–H and O–H groups in total. The average Bonchev–Trinajstić information content (AvgIpc) is 3.59. The second-order valence-electron chi connectivity index (χ2n) is 9.45. The van der Waals surface area contributed by atoms with Gasteiger partial charge in [-0.25, -0.2) is 14.6 Å². The van der Waals surface area contributed by atoms with Gasteiger partial charge in [0.05, 0.1) is 31.2 Å². The SMILES string of the molecule is CCc1nc(NC2CCC2)c2cnn([C@@H]3O[C@H](COC(CO)(Cc4nn[nH]n4)P(=O)(O)O)[C@@H](O)[C@H]3O)c2n1. The normalized spacial score (nSPS) is 25.9. The van der Waals surface area contributed by atoms with E-state index in [2.05, 4.69) is 41.0 Å². The number of nitrogens with one attached hydrogen (secondary N) is 2. The number of hydrogen-bond acceptors (Lipinski definition) is 13. The third kappa shape index (κ3) is 4.91. The van der Waals surface area contributed by atoms with E-state index in [0.29, 0.717) is 35.1 Å². The van der Waals surface area contributed by atoms with Crippen molar-refractivity contribution in [2.45, 2.75) is 75.0 Å². The number of aromatic nitrogens is 8. The van der Waals surface area contributed by atoms with E-state index in [4.69, 9.17) is 9.47 Å². The number of aliphatic hydroxyl groups excluding tert-OH is 3. The molecule has 0 aromatic carbocycles. The van der Waals surface area contributed by atoms with Gasteiger partial charge < -0.3 is 39.9 Å². The van der Waals surface area contributed by atoms with E-state index >= 15 is 0 Å². The Kier molecular flexibility index (Phi) is 7.45. The second-order valence-corrected chi connectivity index (χ2v) is 11.4. The van der Waals surface area contributed by atoms with Crippen molar-refractivity contribution >= 4 is 24.4 Å². The number of ether oxygens (including phenoxy) is 2. The molecule has 0 radical (unpaired) electrons. The van der Waals surface area contributed by atoms with Gasteiger partial charge in [-0.05, 0) is 19.3 Å². The van der Waals surface area contributed by atoms with Crippen LogP contribution in [0.15, 0.2) is 6.20 Å². The van der Waals surface area contributed by atoms with Crippen LogP contribution >= 0.6 is 7.60 Å². The third-order valence-electron chi connectivity index (χ3n) is 6.96. The van der Waals surface area contributed by atoms with E-state index in [1.807, 2.05) is 6.92 Å². The minimum Gasteiger partial charge on any atom is -0.393 e. The van der Waals surface area contributed by atoms with Crippen molar-refractivity contribution in [3.63, 3.8) is 0 Å². The maximum Gasteiger partial charge on any atom is 0.359 e. The Morgan fingerprint density at radius 1 is 1.26 bits per heavy atom. The van der Waals surface area contributed by atoms with Gasteiger partial charge in [-0.1, -0.05) is 12.1 Å². The fourth-order valence-corrected chi connectivity index (χ4v) is 5.19. The molecule has 1 saturated heterocycles. The predicted molar refractivity (Wildman–Crippen MR) is 128 cm³/mol. The summed E-state index contributed by atoms with van der Waals surface area (Å²) in [6.45, 7) is 0.245. The molecule has 208 valence electrons. The van der Waals surface area contributed by atoms with Crippen molar-refractivity contribution in [3.8, 4) is 0 Å². The first-order valence-corrected chi connectivity index (χ1v) is 13.8. The first-order chi connectivity index (χ1) is 18.2. The van der Waals surface area contributed by atoms with Crippen molar-refractivity contribution < 1.29 is 39.1 Å². The molecule has 0 spiro atoms. The van der Waals surface area contributed by atoms with Crippen LogP contribution in [-0.4, -0.2) is 108 Å². The van der Waals surface area contributed by atoms with Gasteiger partial charge in [-0.3, -0.25) is 4.57 Å². The number of H-pyrrole nitrogens is 1. The van der Waals surface area contributed by atoms with Crippen LogP contribution in [0.1, 0.15) is 44.1 Å². The molecule has 1 saturated carbocycles. The van der Waals surface area contributed by atoms with Gasteiger partial charge in [-0.2, -0.15) is 10.3 Å². The molecule has 17 nitrogen and oxygen atoms in total. The van der Waals surface area contributed by atoms with Crippen molar-refractivity contribution in [1.29, 1.82) is 0 Å². The van der Waals surface area contributed by atoms with E-state index in [0.717, 1.165) is 19.3 Å². The zero-order valence-electron chi connectivity index (χ0n) is 20.5. The van der Waals surface area contributed by atoms with E-state index in [1.54, 1.807) is 6.20 Å². The van der Waals surface area contributed by atoms with Crippen LogP contribution in [0.4, 0.5) is 5.82 Å². The van der Waals surface area contributed by atoms with Crippen LogP contribution in [0.25, 0.3) is 11.0 Å². The number of anilines is 1. The van der Waals surface area contributed by atoms with Gasteiger partial charge in [0.15, 0.2) is 23.0 Å². The Labute approximate surface area is 215 Å². The number of nitrogens with zero attached hydrogens (tertiary/aromatic N) is 7. The lowest BCUT2D eigenvalue weighted by molar-refractivity contribution is -0.109. The maximum atomic E-state index is 12.3. The van der Waals surface area contributed by atoms with Crippen LogP contribution in [0, 0.1) is 0 Å². The average molecular weight is 555 g/mol. The Balaban J connectivity index is 1.38. The van der Waals surface area contributed by atoms with E-state index in [1.165, 1.54) is 4.68 Å². The first-order valence-electron chi connectivity index (χ1n) is 12.2. The summed E-state index contributed by atoms with van der Waals surface area (Å²) in [7, 11) is -5.10. The summed E-state index contributed by atoms with van der Waals surface area (Å²) in [6.07, 6.45) is -0.618. The lowest BCUT2D eigenvalue weighted by Gasteiger charge is -2.32. The molecular formula is C20H30N9O8P. The zero-order valence-corrected chi connectivity index (χ0v) is 21.3. The van der Waals surface area contributed by atoms with Gasteiger partial charge in [0.1, 0.15) is 30.0 Å². The molecule has 2 fully saturated rings. The number of aromatic amines is 1. The fourth-order valence-electron chi connectivity index (χ4n) is 4.41. The Hall–Kier alpha value is -2.63. The monoisotopic (exact) mass is 555 g/mol. The second kappa shape index (κ2) is 10.5. The van der Waals surface area contributed by atoms with Gasteiger partial charge in [-0.15, -0.1) is 10.2 Å². The summed E-state index contributed by atoms with van der Waals surface area (Å²) in [5, 5.41) is 50.2. The molecule has 3 aromatic heterocycles. The summed E-state index contributed by atoms with van der Waals surface area (Å²) >= 11 is 0. The summed E-state index contributed by atoms with van der Waals surface area (Å²) in [5.74, 6) is 1.09. The highest BCUT2D eigenvalue weighted by Gasteiger charge is 2.52. The number of hydrogen-bond donors (Lipinski definition) is 7. The number of aryl methyl sites for hydroxylation is 1. The Bertz CT molecular complexity index is 1300. The van der Waals surface area contributed by atoms with Crippen LogP contribution < -0.4 is 5.32 Å². The summed E-state index contributed by atoms with van der Waals surface area (Å²) in [4.78, 5) is 29.0. The van der Waals surface area contributed by atoms with E-state index in [9.17, 15) is 29.7 Å². The van der Waals surface area contributed by atoms with Crippen LogP contribution in [-0.2, 0) is 26.9 Å². The number of aliphatic hydroxyl groups is 3. The summed E-state index contributed by atoms with van der Waals surface area (Å²) in [5.41, 5.74) is 0.397. The highest BCUT2D eigenvalue weighted by atomic mass is 31.2. The first kappa shape index (κ1) is 27.0. The van der Waals surface area contributed by atoms with E-state index in [-0.39, 0.29) is 5.82 Å². The molecule has 38 heavy (non-hydrogen) atoms. The molecule has 1 unspecified atom stereocenters. The lowest BCUT2D eigenvalue weighted by Crippen LogP contribution is -2.43. The molecule has 1 aliphatic heterocycles. The van der Waals surface area contributed by atoms with Gasteiger partial charge in [0, 0.05) is 12.5 Å². The van der Waals surface area contributed by atoms with Crippen LogP contribution in [0.5, 0.6) is 0 Å². The minimum atomic E-state index is -5.10. The molecule has 18 heteroatoms. The minimum absolute atomic E-state index is 0.103. The van der Waals surface area contributed by atoms with Crippen molar-refractivity contribution in [1.82, 2.24) is 40.4 Å². The largest absolute Gasteiger partial charge is 0.393 e. The van der Waals surface area contributed by atoms with Crippen LogP contribution in [0.2, 0.25) is 0 Å². The number of tetrazole rings is 1. The van der Waals surface area contributed by atoms with E-state index < -0.39 is 57.1 Å². The van der Waals surface area contributed by atoms with Crippen molar-refractivity contribution in [3.05, 3.63) is 17.8 Å². The Morgan fingerprint density at radius 2 is 2.05 bits per heavy atom. The standard InChI is InChI=1S/C20H30N9O8P/c1-2-13-23-17(22-10-4-3-5-10)11-7-21-29(18(11)24-13)19-16(32)15(31)12(37-19)8-36-20(9-30,38(33,34)35)6-14-25-27-28-26-14/h7,10,12,15-16,19,30-32H,2-6,8-9H2,1H3,(H,22,23,24)(H2,33,34,35)(H,25,26,27,28)/t12-,15-,16-,19-,20?/m1/s1.